The van der Waals surface area contributed by atoms with Gasteiger partial charge in [-0.05, 0) is 24.7 Å². The molecule has 0 bridgehead atoms. The van der Waals surface area contributed by atoms with Gasteiger partial charge in [0.1, 0.15) is 0 Å². The maximum absolute atomic E-state index is 11.0. The van der Waals surface area contributed by atoms with Crippen molar-refractivity contribution in [3.8, 4) is 0 Å². The first-order chi connectivity index (χ1) is 6.76. The molecule has 0 aliphatic heterocycles. The van der Waals surface area contributed by atoms with Crippen molar-refractivity contribution >= 4 is 11.7 Å². The first-order valence-corrected chi connectivity index (χ1v) is 4.48. The van der Waals surface area contributed by atoms with Crippen molar-refractivity contribution in [1.82, 2.24) is 10.6 Å². The van der Waals surface area contributed by atoms with Crippen LogP contribution in [0.1, 0.15) is 5.56 Å². The molecule has 0 fully saturated rings. The standard InChI is InChI=1S/C10H15N3O/c1-11-7-8-4-3-5-9(6-8)13-10(14)12-2/h3-6,11H,7H2,1-2H3,(H2,12,13,14). The number of carbonyl (C=O) groups is 1. The van der Waals surface area contributed by atoms with Gasteiger partial charge in [0.25, 0.3) is 0 Å². The van der Waals surface area contributed by atoms with Crippen LogP contribution in [-0.4, -0.2) is 20.1 Å². The minimum Gasteiger partial charge on any atom is -0.341 e. The van der Waals surface area contributed by atoms with Gasteiger partial charge < -0.3 is 16.0 Å². The number of hydrogen-bond donors (Lipinski definition) is 3. The molecular formula is C10H15N3O. The molecule has 0 saturated heterocycles. The van der Waals surface area contributed by atoms with Gasteiger partial charge in [-0.1, -0.05) is 12.1 Å². The Morgan fingerprint density at radius 3 is 2.79 bits per heavy atom. The molecule has 1 rings (SSSR count). The summed E-state index contributed by atoms with van der Waals surface area (Å²) in [6.07, 6.45) is 0. The fourth-order valence-electron chi connectivity index (χ4n) is 1.16. The summed E-state index contributed by atoms with van der Waals surface area (Å²) in [7, 11) is 3.48. The van der Waals surface area contributed by atoms with Gasteiger partial charge in [0.05, 0.1) is 0 Å². The van der Waals surface area contributed by atoms with E-state index in [2.05, 4.69) is 16.0 Å². The fraction of sp³-hybridized carbons (Fsp3) is 0.300. The number of hydrogen-bond acceptors (Lipinski definition) is 2. The third kappa shape index (κ3) is 3.06. The van der Waals surface area contributed by atoms with E-state index in [1.54, 1.807) is 7.05 Å². The highest BCUT2D eigenvalue weighted by Gasteiger charge is 1.98. The van der Waals surface area contributed by atoms with Crippen molar-refractivity contribution in [2.24, 2.45) is 0 Å². The van der Waals surface area contributed by atoms with Gasteiger partial charge in [-0.15, -0.1) is 0 Å². The van der Waals surface area contributed by atoms with Gasteiger partial charge in [0.2, 0.25) is 0 Å². The molecule has 0 radical (unpaired) electrons. The normalized spacial score (nSPS) is 9.57. The van der Waals surface area contributed by atoms with E-state index in [1.165, 1.54) is 0 Å². The van der Waals surface area contributed by atoms with E-state index in [4.69, 9.17) is 0 Å². The molecule has 0 unspecified atom stereocenters. The Labute approximate surface area is 83.7 Å². The molecule has 0 aromatic heterocycles. The van der Waals surface area contributed by atoms with E-state index < -0.39 is 0 Å². The molecule has 0 aliphatic rings. The molecular weight excluding hydrogens is 178 g/mol. The van der Waals surface area contributed by atoms with Gasteiger partial charge in [-0.3, -0.25) is 0 Å². The van der Waals surface area contributed by atoms with Crippen LogP contribution in [0.5, 0.6) is 0 Å². The van der Waals surface area contributed by atoms with Gasteiger partial charge in [0.15, 0.2) is 0 Å². The summed E-state index contributed by atoms with van der Waals surface area (Å²) in [6.45, 7) is 0.795. The minimum atomic E-state index is -0.202. The number of benzene rings is 1. The SMILES string of the molecule is CNCc1cccc(NC(=O)NC)c1. The smallest absolute Gasteiger partial charge is 0.318 e. The molecule has 4 heteroatoms. The maximum Gasteiger partial charge on any atom is 0.318 e. The van der Waals surface area contributed by atoms with E-state index in [9.17, 15) is 4.79 Å². The van der Waals surface area contributed by atoms with Crippen molar-refractivity contribution in [3.05, 3.63) is 29.8 Å². The first-order valence-electron chi connectivity index (χ1n) is 4.48. The minimum absolute atomic E-state index is 0.202. The summed E-state index contributed by atoms with van der Waals surface area (Å²) < 4.78 is 0. The van der Waals surface area contributed by atoms with E-state index in [0.717, 1.165) is 17.8 Å². The monoisotopic (exact) mass is 193 g/mol. The summed E-state index contributed by atoms with van der Waals surface area (Å²) in [6, 6.07) is 7.51. The van der Waals surface area contributed by atoms with E-state index in [0.29, 0.717) is 0 Å². The average molecular weight is 193 g/mol. The lowest BCUT2D eigenvalue weighted by Crippen LogP contribution is -2.24. The molecule has 14 heavy (non-hydrogen) atoms. The van der Waals surface area contributed by atoms with Crippen molar-refractivity contribution in [3.63, 3.8) is 0 Å². The van der Waals surface area contributed by atoms with Crippen LogP contribution >= 0.6 is 0 Å². The van der Waals surface area contributed by atoms with Crippen molar-refractivity contribution in [2.45, 2.75) is 6.54 Å². The predicted octanol–water partition coefficient (Wildman–Crippen LogP) is 1.16. The van der Waals surface area contributed by atoms with Crippen LogP contribution in [0, 0.1) is 0 Å². The van der Waals surface area contributed by atoms with Crippen LogP contribution < -0.4 is 16.0 Å². The second-order valence-electron chi connectivity index (χ2n) is 2.93. The lowest BCUT2D eigenvalue weighted by molar-refractivity contribution is 0.254. The Morgan fingerprint density at radius 2 is 2.14 bits per heavy atom. The molecule has 3 N–H and O–H groups in total. The van der Waals surface area contributed by atoms with Crippen LogP contribution in [-0.2, 0) is 6.54 Å². The quantitative estimate of drug-likeness (QED) is 0.674. The zero-order valence-electron chi connectivity index (χ0n) is 8.42. The van der Waals surface area contributed by atoms with Crippen molar-refractivity contribution in [2.75, 3.05) is 19.4 Å². The lowest BCUT2D eigenvalue weighted by atomic mass is 10.2. The maximum atomic E-state index is 11.0. The summed E-state index contributed by atoms with van der Waals surface area (Å²) in [5.41, 5.74) is 1.94. The van der Waals surface area contributed by atoms with Gasteiger partial charge in [-0.25, -0.2) is 4.79 Å². The van der Waals surface area contributed by atoms with Crippen LogP contribution in [0.3, 0.4) is 0 Å². The molecule has 4 nitrogen and oxygen atoms in total. The second-order valence-corrected chi connectivity index (χ2v) is 2.93. The Balaban J connectivity index is 2.68. The van der Waals surface area contributed by atoms with E-state index in [-0.39, 0.29) is 6.03 Å². The molecule has 0 saturated carbocycles. The largest absolute Gasteiger partial charge is 0.341 e. The highest BCUT2D eigenvalue weighted by molar-refractivity contribution is 5.89. The average Bonchev–Trinajstić information content (AvgIpc) is 2.19. The molecule has 76 valence electrons. The summed E-state index contributed by atoms with van der Waals surface area (Å²) in [5, 5.41) is 8.26. The topological polar surface area (TPSA) is 53.2 Å². The van der Waals surface area contributed by atoms with Gasteiger partial charge in [-0.2, -0.15) is 0 Å². The molecule has 0 atom stereocenters. The zero-order valence-corrected chi connectivity index (χ0v) is 8.42. The zero-order chi connectivity index (χ0) is 10.4. The fourth-order valence-corrected chi connectivity index (χ4v) is 1.16. The summed E-state index contributed by atoms with van der Waals surface area (Å²) in [4.78, 5) is 11.0. The Morgan fingerprint density at radius 1 is 1.36 bits per heavy atom. The second kappa shape index (κ2) is 5.24. The summed E-state index contributed by atoms with van der Waals surface area (Å²) >= 11 is 0. The number of rotatable bonds is 3. The predicted molar refractivity (Wildman–Crippen MR) is 57.3 cm³/mol. The highest BCUT2D eigenvalue weighted by Crippen LogP contribution is 2.09. The molecule has 2 amide bonds. The van der Waals surface area contributed by atoms with Crippen LogP contribution in [0.4, 0.5) is 10.5 Å². The lowest BCUT2D eigenvalue weighted by Gasteiger charge is -2.06. The van der Waals surface area contributed by atoms with Crippen LogP contribution in [0.2, 0.25) is 0 Å². The number of nitrogens with one attached hydrogen (secondary N) is 3. The van der Waals surface area contributed by atoms with E-state index in [1.807, 2.05) is 31.3 Å². The molecule has 1 aromatic carbocycles. The number of amides is 2. The number of anilines is 1. The van der Waals surface area contributed by atoms with Crippen molar-refractivity contribution in [1.29, 1.82) is 0 Å². The highest BCUT2D eigenvalue weighted by atomic mass is 16.2. The van der Waals surface area contributed by atoms with E-state index >= 15 is 0 Å². The number of carbonyl (C=O) groups excluding carboxylic acids is 1. The Kier molecular flexibility index (Phi) is 3.94. The van der Waals surface area contributed by atoms with Crippen LogP contribution in [0.25, 0.3) is 0 Å². The third-order valence-corrected chi connectivity index (χ3v) is 1.79. The third-order valence-electron chi connectivity index (χ3n) is 1.79. The Hall–Kier alpha value is -1.55. The van der Waals surface area contributed by atoms with Crippen LogP contribution in [0.15, 0.2) is 24.3 Å². The van der Waals surface area contributed by atoms with Gasteiger partial charge >= 0.3 is 6.03 Å². The summed E-state index contributed by atoms with van der Waals surface area (Å²) in [5.74, 6) is 0. The Bertz CT molecular complexity index is 312. The molecule has 0 spiro atoms. The first kappa shape index (κ1) is 10.5. The molecule has 0 heterocycles. The number of urea groups is 1. The van der Waals surface area contributed by atoms with Crippen molar-refractivity contribution < 1.29 is 4.79 Å². The molecule has 0 aliphatic carbocycles. The van der Waals surface area contributed by atoms with Gasteiger partial charge in [0, 0.05) is 19.3 Å². The molecule has 1 aromatic rings.